The molecule has 0 spiro atoms. The number of esters is 1. The highest BCUT2D eigenvalue weighted by Gasteiger charge is 2.47. The van der Waals surface area contributed by atoms with Crippen LogP contribution in [0.25, 0.3) is 0 Å². The van der Waals surface area contributed by atoms with Crippen LogP contribution in [-0.2, 0) is 23.8 Å². The van der Waals surface area contributed by atoms with Crippen molar-refractivity contribution in [1.82, 2.24) is 5.32 Å². The summed E-state index contributed by atoms with van der Waals surface area (Å²) in [5.41, 5.74) is 0. The molecule has 1 fully saturated rings. The highest BCUT2D eigenvalue weighted by molar-refractivity contribution is 5.80. The molecule has 1 aliphatic rings. The van der Waals surface area contributed by atoms with Crippen molar-refractivity contribution < 1.29 is 49.3 Å². The number of ether oxygens (including phenoxy) is 3. The zero-order valence-corrected chi connectivity index (χ0v) is 55.1. The predicted octanol–water partition coefficient (Wildman–Crippen LogP) is 18.0. The van der Waals surface area contributed by atoms with Crippen molar-refractivity contribution in [2.45, 2.75) is 320 Å². The van der Waals surface area contributed by atoms with Gasteiger partial charge in [-0.05, 0) is 122 Å². The maximum absolute atomic E-state index is 13.4. The number of carbonyl (C=O) groups is 2. The van der Waals surface area contributed by atoms with Gasteiger partial charge >= 0.3 is 5.97 Å². The number of unbranched alkanes of at least 4 members (excludes halogenated alkanes) is 24. The second kappa shape index (κ2) is 62.0. The molecule has 8 atom stereocenters. The van der Waals surface area contributed by atoms with E-state index in [0.717, 1.165) is 116 Å². The molecule has 1 amide bonds. The van der Waals surface area contributed by atoms with Gasteiger partial charge in [-0.15, -0.1) is 0 Å². The third-order valence-electron chi connectivity index (χ3n) is 15.5. The highest BCUT2D eigenvalue weighted by atomic mass is 16.7. The Kier molecular flexibility index (Phi) is 57.6. The van der Waals surface area contributed by atoms with Crippen LogP contribution in [0.2, 0.25) is 0 Å². The summed E-state index contributed by atoms with van der Waals surface area (Å²) in [6.07, 6.45) is 77.8. The van der Waals surface area contributed by atoms with Crippen LogP contribution in [0.4, 0.5) is 0 Å². The van der Waals surface area contributed by atoms with E-state index in [-0.39, 0.29) is 19.4 Å². The van der Waals surface area contributed by atoms with Crippen molar-refractivity contribution >= 4 is 11.9 Å². The molecule has 1 aliphatic heterocycles. The first-order valence-corrected chi connectivity index (χ1v) is 35.0. The molecule has 0 radical (unpaired) electrons. The van der Waals surface area contributed by atoms with Crippen molar-refractivity contribution in [1.29, 1.82) is 0 Å². The predicted molar refractivity (Wildman–Crippen MR) is 365 cm³/mol. The first-order valence-electron chi connectivity index (χ1n) is 35.0. The fraction of sp³-hybridized carbons (Fsp3) is 0.684. The van der Waals surface area contributed by atoms with Gasteiger partial charge in [-0.1, -0.05) is 276 Å². The molecule has 11 nitrogen and oxygen atoms in total. The number of carbonyl (C=O) groups excluding carboxylic acids is 2. The summed E-state index contributed by atoms with van der Waals surface area (Å²) in [6.45, 7) is 5.62. The van der Waals surface area contributed by atoms with E-state index >= 15 is 0 Å². The summed E-state index contributed by atoms with van der Waals surface area (Å²) >= 11 is 0. The molecule has 11 heteroatoms. The normalized spacial score (nSPS) is 19.1. The lowest BCUT2D eigenvalue weighted by Crippen LogP contribution is -2.61. The Bertz CT molecular complexity index is 1930. The van der Waals surface area contributed by atoms with Crippen LogP contribution in [0.3, 0.4) is 0 Å². The lowest BCUT2D eigenvalue weighted by Gasteiger charge is -2.41. The molecular formula is C76H127NO10. The van der Waals surface area contributed by atoms with Crippen molar-refractivity contribution in [2.75, 3.05) is 13.2 Å². The summed E-state index contributed by atoms with van der Waals surface area (Å²) < 4.78 is 17.7. The van der Waals surface area contributed by atoms with E-state index in [1.54, 1.807) is 6.08 Å². The third kappa shape index (κ3) is 49.3. The SMILES string of the molecule is CC/C=C\C/C=C\C/C=C\C/C=C\C/C=C\C/C=C\CCCC(O)C(=O)NC(COC1OC(CO)C(O)C(O)C1OC(=O)CCCCCCCCCCCCC/C=C\C/C=C\C/C=C\C/C=C\CCCCC)C(O)/C=C/CCCCCCCCCCC. The zero-order valence-electron chi connectivity index (χ0n) is 55.1. The molecule has 496 valence electrons. The molecule has 6 N–H and O–H groups in total. The van der Waals surface area contributed by atoms with Gasteiger partial charge < -0.3 is 45.1 Å². The fourth-order valence-electron chi connectivity index (χ4n) is 10.1. The first kappa shape index (κ1) is 80.8. The summed E-state index contributed by atoms with van der Waals surface area (Å²) in [6, 6.07) is -1.06. The van der Waals surface area contributed by atoms with E-state index in [4.69, 9.17) is 14.2 Å². The summed E-state index contributed by atoms with van der Waals surface area (Å²) in [7, 11) is 0. The molecule has 0 aromatic heterocycles. The van der Waals surface area contributed by atoms with Gasteiger partial charge in [0.1, 0.15) is 24.4 Å². The van der Waals surface area contributed by atoms with Crippen LogP contribution in [0.15, 0.2) is 134 Å². The molecule has 1 saturated heterocycles. The molecule has 0 aromatic rings. The molecule has 8 unspecified atom stereocenters. The van der Waals surface area contributed by atoms with Gasteiger partial charge in [0.2, 0.25) is 5.91 Å². The number of nitrogens with one attached hydrogen (secondary N) is 1. The van der Waals surface area contributed by atoms with E-state index in [2.05, 4.69) is 142 Å². The van der Waals surface area contributed by atoms with Gasteiger partial charge in [-0.2, -0.15) is 0 Å². The topological polar surface area (TPSA) is 175 Å². The molecule has 0 aliphatic carbocycles. The van der Waals surface area contributed by atoms with Crippen molar-refractivity contribution in [3.8, 4) is 0 Å². The lowest BCUT2D eigenvalue weighted by molar-refractivity contribution is -0.305. The maximum atomic E-state index is 13.4. The lowest BCUT2D eigenvalue weighted by atomic mass is 9.99. The van der Waals surface area contributed by atoms with Crippen LogP contribution in [-0.4, -0.2) is 99.6 Å². The number of aliphatic hydroxyl groups is 5. The number of hydrogen-bond acceptors (Lipinski definition) is 10. The van der Waals surface area contributed by atoms with Crippen LogP contribution in [0.5, 0.6) is 0 Å². The molecule has 1 rings (SSSR count). The minimum Gasteiger partial charge on any atom is -0.454 e. The third-order valence-corrected chi connectivity index (χ3v) is 15.5. The monoisotopic (exact) mass is 1210 g/mol. The smallest absolute Gasteiger partial charge is 0.306 e. The Morgan fingerprint density at radius 2 is 0.828 bits per heavy atom. The van der Waals surface area contributed by atoms with E-state index in [1.165, 1.54) is 103 Å². The summed E-state index contributed by atoms with van der Waals surface area (Å²) in [4.78, 5) is 26.6. The zero-order chi connectivity index (χ0) is 63.1. The highest BCUT2D eigenvalue weighted by Crippen LogP contribution is 2.26. The number of aliphatic hydroxyl groups excluding tert-OH is 5. The van der Waals surface area contributed by atoms with Crippen LogP contribution in [0, 0.1) is 0 Å². The quantitative estimate of drug-likeness (QED) is 0.0195. The average Bonchev–Trinajstić information content (AvgIpc) is 1.56. The number of allylic oxidation sites excluding steroid dienone is 21. The van der Waals surface area contributed by atoms with Gasteiger partial charge in [0, 0.05) is 6.42 Å². The van der Waals surface area contributed by atoms with Crippen molar-refractivity contribution in [3.05, 3.63) is 134 Å². The largest absolute Gasteiger partial charge is 0.454 e. The molecule has 0 saturated carbocycles. The second-order valence-electron chi connectivity index (χ2n) is 23.5. The molecule has 1 heterocycles. The van der Waals surface area contributed by atoms with E-state index in [9.17, 15) is 35.1 Å². The van der Waals surface area contributed by atoms with Crippen LogP contribution in [0.1, 0.15) is 271 Å². The first-order chi connectivity index (χ1) is 42.7. The van der Waals surface area contributed by atoms with Crippen LogP contribution < -0.4 is 5.32 Å². The van der Waals surface area contributed by atoms with E-state index < -0.39 is 67.4 Å². The van der Waals surface area contributed by atoms with Gasteiger partial charge in [0.25, 0.3) is 0 Å². The summed E-state index contributed by atoms with van der Waals surface area (Å²) in [5, 5.41) is 57.1. The van der Waals surface area contributed by atoms with Gasteiger partial charge in [-0.25, -0.2) is 0 Å². The maximum Gasteiger partial charge on any atom is 0.306 e. The molecule has 87 heavy (non-hydrogen) atoms. The fourth-order valence-corrected chi connectivity index (χ4v) is 10.1. The van der Waals surface area contributed by atoms with Crippen molar-refractivity contribution in [3.63, 3.8) is 0 Å². The van der Waals surface area contributed by atoms with E-state index in [1.807, 2.05) is 12.2 Å². The van der Waals surface area contributed by atoms with Crippen LogP contribution >= 0.6 is 0 Å². The number of amides is 1. The Hall–Kier alpha value is -4.20. The minimum atomic E-state index is -1.63. The Morgan fingerprint density at radius 1 is 0.460 bits per heavy atom. The Labute approximate surface area is 531 Å². The Balaban J connectivity index is 2.59. The minimum absolute atomic E-state index is 0.107. The average molecular weight is 1210 g/mol. The standard InChI is InChI=1S/C76H127NO10/c1-4-7-10-13-16-19-22-24-26-28-30-32-33-34-35-36-37-38-40-42-44-46-49-52-55-58-61-64-71(81)87-74-73(83)72(82)70(65-78)86-76(74)85-66-67(68(79)62-59-56-53-50-47-21-18-15-12-9-6-3)77-75(84)69(80)63-60-57-54-51-48-45-43-41-39-31-29-27-25-23-20-17-14-11-8-5-2/h8,11,16-17,19-20,24-27,30-32,34-35,39,43,45,51,54,59,62,67-70,72-74,76,78-80,82-83H,4-7,9-10,12-15,18,21-23,28-29,33,36-38,40-42,44,46-50,52-53,55-58,60-61,63-66H2,1-3H3,(H,77,84)/b11-8-,19-16-,20-17-,26-24-,27-25-,32-30-,35-34-,39-31-,45-43-,54-51-,62-59+. The molecular weight excluding hydrogens is 1090 g/mol. The second-order valence-corrected chi connectivity index (χ2v) is 23.5. The van der Waals surface area contributed by atoms with Gasteiger partial charge in [-0.3, -0.25) is 9.59 Å². The molecule has 0 bridgehead atoms. The Morgan fingerprint density at radius 3 is 1.26 bits per heavy atom. The van der Waals surface area contributed by atoms with Gasteiger partial charge in [0.05, 0.1) is 25.4 Å². The number of hydrogen-bond donors (Lipinski definition) is 6. The van der Waals surface area contributed by atoms with Crippen molar-refractivity contribution in [2.24, 2.45) is 0 Å². The number of rotatable bonds is 58. The van der Waals surface area contributed by atoms with E-state index in [0.29, 0.717) is 19.3 Å². The van der Waals surface area contributed by atoms with Gasteiger partial charge in [0.15, 0.2) is 12.4 Å². The summed E-state index contributed by atoms with van der Waals surface area (Å²) in [5.74, 6) is -1.25. The molecule has 0 aromatic carbocycles.